The van der Waals surface area contributed by atoms with Gasteiger partial charge in [-0.15, -0.1) is 0 Å². The predicted molar refractivity (Wildman–Crippen MR) is 85.0 cm³/mol. The van der Waals surface area contributed by atoms with Gasteiger partial charge in [0.2, 0.25) is 5.91 Å². The van der Waals surface area contributed by atoms with Crippen molar-refractivity contribution in [1.29, 1.82) is 0 Å². The molecule has 3 rings (SSSR count). The third-order valence-corrected chi connectivity index (χ3v) is 4.45. The lowest BCUT2D eigenvalue weighted by Crippen LogP contribution is -2.38. The van der Waals surface area contributed by atoms with E-state index in [2.05, 4.69) is 17.2 Å². The molecule has 1 saturated carbocycles. The highest BCUT2D eigenvalue weighted by atomic mass is 16.1. The molecule has 21 heavy (non-hydrogen) atoms. The van der Waals surface area contributed by atoms with Crippen LogP contribution in [0.4, 0.5) is 0 Å². The summed E-state index contributed by atoms with van der Waals surface area (Å²) in [6.45, 7) is 2.29. The summed E-state index contributed by atoms with van der Waals surface area (Å²) in [4.78, 5) is 16.7. The molecular formula is C18H22N2O. The largest absolute Gasteiger partial charge is 0.353 e. The molecule has 0 bridgehead atoms. The first-order valence-corrected chi connectivity index (χ1v) is 7.84. The number of nitrogens with one attached hydrogen (secondary N) is 1. The van der Waals surface area contributed by atoms with Crippen LogP contribution in [0.2, 0.25) is 0 Å². The Balaban J connectivity index is 1.66. The molecule has 3 nitrogen and oxygen atoms in total. The number of hydrogen-bond acceptors (Lipinski definition) is 2. The standard InChI is InChI=1S/C18H22N2O/c1-13-7-9-16(10-8-13)20-17(21)12-15-5-2-4-14-6-3-11-19-18(14)15/h2-6,11,13,16H,7-10,12H2,1H3,(H,20,21). The van der Waals surface area contributed by atoms with Gasteiger partial charge in [0.15, 0.2) is 0 Å². The van der Waals surface area contributed by atoms with Gasteiger partial charge in [-0.05, 0) is 43.2 Å². The number of carbonyl (C=O) groups excluding carboxylic acids is 1. The molecule has 1 heterocycles. The molecule has 0 unspecified atom stereocenters. The average molecular weight is 282 g/mol. The van der Waals surface area contributed by atoms with E-state index in [1.54, 1.807) is 6.20 Å². The molecular weight excluding hydrogens is 260 g/mol. The summed E-state index contributed by atoms with van der Waals surface area (Å²) in [5, 5.41) is 4.28. The van der Waals surface area contributed by atoms with Crippen LogP contribution >= 0.6 is 0 Å². The second kappa shape index (κ2) is 6.25. The van der Waals surface area contributed by atoms with Crippen LogP contribution in [-0.2, 0) is 11.2 Å². The van der Waals surface area contributed by atoms with Crippen LogP contribution < -0.4 is 5.32 Å². The van der Waals surface area contributed by atoms with E-state index < -0.39 is 0 Å². The number of fused-ring (bicyclic) bond motifs is 1. The summed E-state index contributed by atoms with van der Waals surface area (Å²) >= 11 is 0. The number of nitrogens with zero attached hydrogens (tertiary/aromatic N) is 1. The van der Waals surface area contributed by atoms with Crippen molar-refractivity contribution in [3.63, 3.8) is 0 Å². The summed E-state index contributed by atoms with van der Waals surface area (Å²) in [5.41, 5.74) is 1.95. The Morgan fingerprint density at radius 1 is 1.19 bits per heavy atom. The van der Waals surface area contributed by atoms with Crippen molar-refractivity contribution in [1.82, 2.24) is 10.3 Å². The maximum atomic E-state index is 12.3. The molecule has 1 amide bonds. The van der Waals surface area contributed by atoms with E-state index in [1.807, 2.05) is 30.3 Å². The van der Waals surface area contributed by atoms with Crippen LogP contribution in [0.15, 0.2) is 36.5 Å². The molecule has 0 atom stereocenters. The normalized spacial score (nSPS) is 22.1. The maximum Gasteiger partial charge on any atom is 0.224 e. The van der Waals surface area contributed by atoms with E-state index in [9.17, 15) is 4.79 Å². The minimum absolute atomic E-state index is 0.118. The summed E-state index contributed by atoms with van der Waals surface area (Å²) in [5.74, 6) is 0.924. The van der Waals surface area contributed by atoms with Crippen LogP contribution in [0.3, 0.4) is 0 Å². The van der Waals surface area contributed by atoms with Crippen molar-refractivity contribution in [2.24, 2.45) is 5.92 Å². The molecule has 0 saturated heterocycles. The zero-order valence-electron chi connectivity index (χ0n) is 12.5. The Labute approximate surface area is 125 Å². The van der Waals surface area contributed by atoms with Gasteiger partial charge in [-0.2, -0.15) is 0 Å². The van der Waals surface area contributed by atoms with Crippen molar-refractivity contribution in [2.45, 2.75) is 45.1 Å². The number of rotatable bonds is 3. The van der Waals surface area contributed by atoms with E-state index in [1.165, 1.54) is 12.8 Å². The molecule has 2 aromatic rings. The van der Waals surface area contributed by atoms with E-state index in [-0.39, 0.29) is 5.91 Å². The van der Waals surface area contributed by atoms with Crippen molar-refractivity contribution in [3.05, 3.63) is 42.1 Å². The molecule has 1 N–H and O–H groups in total. The van der Waals surface area contributed by atoms with E-state index >= 15 is 0 Å². The number of amides is 1. The van der Waals surface area contributed by atoms with Gasteiger partial charge in [-0.25, -0.2) is 0 Å². The zero-order valence-corrected chi connectivity index (χ0v) is 12.5. The van der Waals surface area contributed by atoms with Crippen molar-refractivity contribution in [2.75, 3.05) is 0 Å². The summed E-state index contributed by atoms with van der Waals surface area (Å²) in [6.07, 6.45) is 6.87. The first-order chi connectivity index (χ1) is 10.2. The lowest BCUT2D eigenvalue weighted by atomic mass is 9.87. The second-order valence-corrected chi connectivity index (χ2v) is 6.19. The fraction of sp³-hybridized carbons (Fsp3) is 0.444. The first kappa shape index (κ1) is 14.1. The maximum absolute atomic E-state index is 12.3. The number of para-hydroxylation sites is 1. The van der Waals surface area contributed by atoms with E-state index in [0.717, 1.165) is 35.2 Å². The van der Waals surface area contributed by atoms with Crippen molar-refractivity contribution in [3.8, 4) is 0 Å². The lowest BCUT2D eigenvalue weighted by molar-refractivity contribution is -0.121. The fourth-order valence-corrected chi connectivity index (χ4v) is 3.17. The van der Waals surface area contributed by atoms with Crippen molar-refractivity contribution >= 4 is 16.8 Å². The monoisotopic (exact) mass is 282 g/mol. The van der Waals surface area contributed by atoms with E-state index in [4.69, 9.17) is 0 Å². The van der Waals surface area contributed by atoms with Gasteiger partial charge in [0.25, 0.3) is 0 Å². The third-order valence-electron chi connectivity index (χ3n) is 4.45. The van der Waals surface area contributed by atoms with Crippen LogP contribution in [0.1, 0.15) is 38.2 Å². The highest BCUT2D eigenvalue weighted by Crippen LogP contribution is 2.23. The fourth-order valence-electron chi connectivity index (χ4n) is 3.17. The second-order valence-electron chi connectivity index (χ2n) is 6.19. The van der Waals surface area contributed by atoms with Crippen LogP contribution in [0.5, 0.6) is 0 Å². The number of carbonyl (C=O) groups is 1. The molecule has 1 aliphatic carbocycles. The Bertz CT molecular complexity index is 625. The van der Waals surface area contributed by atoms with Gasteiger partial charge >= 0.3 is 0 Å². The van der Waals surface area contributed by atoms with Gasteiger partial charge < -0.3 is 5.32 Å². The molecule has 110 valence electrons. The number of benzene rings is 1. The third kappa shape index (κ3) is 3.41. The van der Waals surface area contributed by atoms with Crippen LogP contribution in [0, 0.1) is 5.92 Å². The average Bonchev–Trinajstić information content (AvgIpc) is 2.50. The van der Waals surface area contributed by atoms with E-state index in [0.29, 0.717) is 12.5 Å². The van der Waals surface area contributed by atoms with Crippen LogP contribution in [0.25, 0.3) is 10.9 Å². The topological polar surface area (TPSA) is 42.0 Å². The Morgan fingerprint density at radius 3 is 2.76 bits per heavy atom. The van der Waals surface area contributed by atoms with Gasteiger partial charge in [-0.1, -0.05) is 31.2 Å². The highest BCUT2D eigenvalue weighted by Gasteiger charge is 2.20. The minimum Gasteiger partial charge on any atom is -0.353 e. The predicted octanol–water partition coefficient (Wildman–Crippen LogP) is 3.47. The number of pyridine rings is 1. The number of aromatic nitrogens is 1. The molecule has 0 radical (unpaired) electrons. The lowest BCUT2D eigenvalue weighted by Gasteiger charge is -2.26. The molecule has 1 aromatic carbocycles. The number of hydrogen-bond donors (Lipinski definition) is 1. The Hall–Kier alpha value is -1.90. The van der Waals surface area contributed by atoms with Gasteiger partial charge in [0.05, 0.1) is 11.9 Å². The molecule has 1 aromatic heterocycles. The highest BCUT2D eigenvalue weighted by molar-refractivity contribution is 5.87. The SMILES string of the molecule is CC1CCC(NC(=O)Cc2cccc3cccnc23)CC1. The van der Waals surface area contributed by atoms with Gasteiger partial charge in [0.1, 0.15) is 0 Å². The van der Waals surface area contributed by atoms with Gasteiger partial charge in [-0.3, -0.25) is 9.78 Å². The first-order valence-electron chi connectivity index (χ1n) is 7.84. The van der Waals surface area contributed by atoms with Gasteiger partial charge in [0, 0.05) is 17.6 Å². The molecule has 3 heteroatoms. The van der Waals surface area contributed by atoms with Crippen molar-refractivity contribution < 1.29 is 4.79 Å². The minimum atomic E-state index is 0.118. The molecule has 0 spiro atoms. The van der Waals surface area contributed by atoms with Crippen LogP contribution in [-0.4, -0.2) is 16.9 Å². The molecule has 1 aliphatic rings. The summed E-state index contributed by atoms with van der Waals surface area (Å²) in [6, 6.07) is 10.3. The zero-order chi connectivity index (χ0) is 14.7. The summed E-state index contributed by atoms with van der Waals surface area (Å²) < 4.78 is 0. The molecule has 1 fully saturated rings. The summed E-state index contributed by atoms with van der Waals surface area (Å²) in [7, 11) is 0. The Morgan fingerprint density at radius 2 is 1.95 bits per heavy atom. The quantitative estimate of drug-likeness (QED) is 0.936. The smallest absolute Gasteiger partial charge is 0.224 e. The molecule has 0 aliphatic heterocycles. The Kier molecular flexibility index (Phi) is 4.18.